The summed E-state index contributed by atoms with van der Waals surface area (Å²) in [5, 5.41) is 0. The molecule has 0 aromatic heterocycles. The lowest BCUT2D eigenvalue weighted by Crippen LogP contribution is -2.43. The van der Waals surface area contributed by atoms with Gasteiger partial charge in [-0.3, -0.25) is 0 Å². The highest BCUT2D eigenvalue weighted by molar-refractivity contribution is 5.68. The van der Waals surface area contributed by atoms with Crippen LogP contribution in [0, 0.1) is 5.41 Å². The second-order valence-corrected chi connectivity index (χ2v) is 8.34. The predicted octanol–water partition coefficient (Wildman–Crippen LogP) is 3.92. The maximum atomic E-state index is 12.3. The number of methoxy groups -OCH3 is 1. The zero-order chi connectivity index (χ0) is 18.1. The van der Waals surface area contributed by atoms with Crippen LogP contribution in [-0.4, -0.2) is 49.9 Å². The molecule has 25 heavy (non-hydrogen) atoms. The van der Waals surface area contributed by atoms with E-state index < -0.39 is 5.60 Å². The maximum Gasteiger partial charge on any atom is 0.410 e. The van der Waals surface area contributed by atoms with Crippen molar-refractivity contribution in [1.82, 2.24) is 4.90 Å². The molecule has 2 saturated heterocycles. The molecule has 3 rings (SSSR count). The molecule has 0 saturated carbocycles. The molecule has 1 aromatic rings. The van der Waals surface area contributed by atoms with E-state index in [1.54, 1.807) is 7.11 Å². The summed E-state index contributed by atoms with van der Waals surface area (Å²) in [5.41, 5.74) is 1.09. The third-order valence-corrected chi connectivity index (χ3v) is 5.35. The van der Waals surface area contributed by atoms with Gasteiger partial charge in [-0.2, -0.15) is 0 Å². The van der Waals surface area contributed by atoms with Crippen LogP contribution in [0.15, 0.2) is 24.3 Å². The number of rotatable bonds is 2. The standard InChI is InChI=1S/C20H30N2O3/c1-19(2,3)25-18(23)22-14-11-20(15-22)9-12-21(13-10-20)16-5-7-17(24-4)8-6-16/h5-8H,9-15H2,1-4H3. The number of hydrogen-bond acceptors (Lipinski definition) is 4. The molecule has 1 amide bonds. The molecule has 2 fully saturated rings. The average Bonchev–Trinajstić information content (AvgIpc) is 2.98. The van der Waals surface area contributed by atoms with Crippen LogP contribution in [0.4, 0.5) is 10.5 Å². The molecule has 0 bridgehead atoms. The normalized spacial score (nSPS) is 20.0. The number of carbonyl (C=O) groups is 1. The summed E-state index contributed by atoms with van der Waals surface area (Å²) in [4.78, 5) is 16.6. The van der Waals surface area contributed by atoms with Gasteiger partial charge in [0.2, 0.25) is 0 Å². The van der Waals surface area contributed by atoms with E-state index in [0.29, 0.717) is 0 Å². The maximum absolute atomic E-state index is 12.3. The number of ether oxygens (including phenoxy) is 2. The van der Waals surface area contributed by atoms with Crippen LogP contribution in [0.5, 0.6) is 5.75 Å². The van der Waals surface area contributed by atoms with E-state index in [-0.39, 0.29) is 11.5 Å². The Kier molecular flexibility index (Phi) is 4.85. The lowest BCUT2D eigenvalue weighted by molar-refractivity contribution is 0.0266. The highest BCUT2D eigenvalue weighted by Crippen LogP contribution is 2.41. The van der Waals surface area contributed by atoms with Gasteiger partial charge in [-0.05, 0) is 69.7 Å². The van der Waals surface area contributed by atoms with Gasteiger partial charge in [-0.15, -0.1) is 0 Å². The molecular weight excluding hydrogens is 316 g/mol. The van der Waals surface area contributed by atoms with Crippen LogP contribution in [0.1, 0.15) is 40.0 Å². The molecule has 0 aliphatic carbocycles. The van der Waals surface area contributed by atoms with Crippen LogP contribution >= 0.6 is 0 Å². The Morgan fingerprint density at radius 3 is 2.20 bits per heavy atom. The zero-order valence-corrected chi connectivity index (χ0v) is 15.9. The largest absolute Gasteiger partial charge is 0.497 e. The molecule has 0 unspecified atom stereocenters. The summed E-state index contributed by atoms with van der Waals surface area (Å²) in [6.45, 7) is 9.48. The Morgan fingerprint density at radius 1 is 1.04 bits per heavy atom. The monoisotopic (exact) mass is 346 g/mol. The van der Waals surface area contributed by atoms with Gasteiger partial charge in [0, 0.05) is 31.9 Å². The molecule has 2 aliphatic heterocycles. The van der Waals surface area contributed by atoms with Crippen molar-refractivity contribution >= 4 is 11.8 Å². The number of carbonyl (C=O) groups excluding carboxylic acids is 1. The molecule has 2 aliphatic rings. The van der Waals surface area contributed by atoms with Crippen molar-refractivity contribution in [2.75, 3.05) is 38.2 Å². The lowest BCUT2D eigenvalue weighted by Gasteiger charge is -2.40. The fourth-order valence-electron chi connectivity index (χ4n) is 3.86. The fraction of sp³-hybridized carbons (Fsp3) is 0.650. The molecule has 0 radical (unpaired) electrons. The van der Waals surface area contributed by atoms with Crippen LogP contribution in [0.3, 0.4) is 0 Å². The van der Waals surface area contributed by atoms with Crippen molar-refractivity contribution in [2.24, 2.45) is 5.41 Å². The van der Waals surface area contributed by atoms with Crippen molar-refractivity contribution in [1.29, 1.82) is 0 Å². The van der Waals surface area contributed by atoms with Crippen molar-refractivity contribution in [3.05, 3.63) is 24.3 Å². The second-order valence-electron chi connectivity index (χ2n) is 8.34. The molecule has 2 heterocycles. The number of benzene rings is 1. The Balaban J connectivity index is 1.55. The Bertz CT molecular complexity index is 598. The van der Waals surface area contributed by atoms with E-state index in [2.05, 4.69) is 17.0 Å². The van der Waals surface area contributed by atoms with Crippen LogP contribution in [0.2, 0.25) is 0 Å². The molecule has 0 N–H and O–H groups in total. The van der Waals surface area contributed by atoms with Crippen LogP contribution in [-0.2, 0) is 4.74 Å². The van der Waals surface area contributed by atoms with Gasteiger partial charge in [0.05, 0.1) is 7.11 Å². The minimum absolute atomic E-state index is 0.165. The first kappa shape index (κ1) is 17.9. The number of anilines is 1. The minimum Gasteiger partial charge on any atom is -0.497 e. The SMILES string of the molecule is COc1ccc(N2CCC3(CCN(C(=O)OC(C)(C)C)C3)CC2)cc1. The smallest absolute Gasteiger partial charge is 0.410 e. The molecule has 1 aromatic carbocycles. The van der Waals surface area contributed by atoms with Gasteiger partial charge in [0.25, 0.3) is 0 Å². The predicted molar refractivity (Wildman–Crippen MR) is 99.3 cm³/mol. The first-order chi connectivity index (χ1) is 11.8. The van der Waals surface area contributed by atoms with Crippen LogP contribution in [0.25, 0.3) is 0 Å². The summed E-state index contributed by atoms with van der Waals surface area (Å²) in [7, 11) is 1.69. The second kappa shape index (κ2) is 6.77. The Morgan fingerprint density at radius 2 is 1.64 bits per heavy atom. The van der Waals surface area contributed by atoms with E-state index in [9.17, 15) is 4.79 Å². The molecule has 5 heteroatoms. The third-order valence-electron chi connectivity index (χ3n) is 5.35. The van der Waals surface area contributed by atoms with Gasteiger partial charge in [-0.1, -0.05) is 0 Å². The number of piperidine rings is 1. The van der Waals surface area contributed by atoms with Gasteiger partial charge in [0.1, 0.15) is 11.4 Å². The molecular formula is C20H30N2O3. The minimum atomic E-state index is -0.426. The van der Waals surface area contributed by atoms with E-state index in [4.69, 9.17) is 9.47 Å². The summed E-state index contributed by atoms with van der Waals surface area (Å²) < 4.78 is 10.8. The highest BCUT2D eigenvalue weighted by atomic mass is 16.6. The first-order valence-corrected chi connectivity index (χ1v) is 9.17. The number of likely N-dealkylation sites (tertiary alicyclic amines) is 1. The summed E-state index contributed by atoms with van der Waals surface area (Å²) in [6.07, 6.45) is 3.17. The van der Waals surface area contributed by atoms with E-state index in [0.717, 1.165) is 51.2 Å². The zero-order valence-electron chi connectivity index (χ0n) is 15.9. The lowest BCUT2D eigenvalue weighted by atomic mass is 9.77. The number of nitrogens with zero attached hydrogens (tertiary/aromatic N) is 2. The van der Waals surface area contributed by atoms with E-state index >= 15 is 0 Å². The number of hydrogen-bond donors (Lipinski definition) is 0. The van der Waals surface area contributed by atoms with Crippen molar-refractivity contribution < 1.29 is 14.3 Å². The summed E-state index contributed by atoms with van der Waals surface area (Å²) in [6, 6.07) is 8.27. The van der Waals surface area contributed by atoms with E-state index in [1.165, 1.54) is 5.69 Å². The van der Waals surface area contributed by atoms with Crippen molar-refractivity contribution in [3.63, 3.8) is 0 Å². The summed E-state index contributed by atoms with van der Waals surface area (Å²) in [5.74, 6) is 0.890. The highest BCUT2D eigenvalue weighted by Gasteiger charge is 2.43. The topological polar surface area (TPSA) is 42.0 Å². The Labute approximate surface area is 150 Å². The van der Waals surface area contributed by atoms with E-state index in [1.807, 2.05) is 37.8 Å². The van der Waals surface area contributed by atoms with Gasteiger partial charge < -0.3 is 19.3 Å². The molecule has 138 valence electrons. The first-order valence-electron chi connectivity index (χ1n) is 9.17. The van der Waals surface area contributed by atoms with Gasteiger partial charge >= 0.3 is 6.09 Å². The number of amides is 1. The third kappa shape index (κ3) is 4.20. The van der Waals surface area contributed by atoms with Crippen molar-refractivity contribution in [2.45, 2.75) is 45.6 Å². The molecule has 1 spiro atoms. The van der Waals surface area contributed by atoms with Crippen molar-refractivity contribution in [3.8, 4) is 5.75 Å². The van der Waals surface area contributed by atoms with Gasteiger partial charge in [-0.25, -0.2) is 4.79 Å². The Hall–Kier alpha value is -1.91. The fourth-order valence-corrected chi connectivity index (χ4v) is 3.86. The molecule has 0 atom stereocenters. The van der Waals surface area contributed by atoms with Gasteiger partial charge in [0.15, 0.2) is 0 Å². The average molecular weight is 346 g/mol. The molecule has 5 nitrogen and oxygen atoms in total. The van der Waals surface area contributed by atoms with Crippen LogP contribution < -0.4 is 9.64 Å². The quantitative estimate of drug-likeness (QED) is 0.814. The summed E-state index contributed by atoms with van der Waals surface area (Å²) >= 11 is 0.